The summed E-state index contributed by atoms with van der Waals surface area (Å²) in [6, 6.07) is 8.31. The highest BCUT2D eigenvalue weighted by Gasteiger charge is 2.34. The first-order valence-electron chi connectivity index (χ1n) is 10.8. The van der Waals surface area contributed by atoms with Gasteiger partial charge in [0.05, 0.1) is 16.7 Å². The molecule has 0 unspecified atom stereocenters. The molecule has 0 aliphatic carbocycles. The van der Waals surface area contributed by atoms with Crippen LogP contribution in [0.25, 0.3) is 22.1 Å². The number of aromatic amines is 1. The molecule has 1 N–H and O–H groups in total. The lowest BCUT2D eigenvalue weighted by Gasteiger charge is -2.47. The molecule has 0 spiro atoms. The Hall–Kier alpha value is -3.33. The van der Waals surface area contributed by atoms with Gasteiger partial charge in [0.2, 0.25) is 5.95 Å². The summed E-state index contributed by atoms with van der Waals surface area (Å²) in [5.74, 6) is -0.589. The van der Waals surface area contributed by atoms with E-state index in [-0.39, 0.29) is 29.2 Å². The number of nitrogens with one attached hydrogen (secondary N) is 1. The number of pyridine rings is 1. The van der Waals surface area contributed by atoms with Crippen LogP contribution in [0.15, 0.2) is 41.5 Å². The number of hydrogen-bond acceptors (Lipinski definition) is 6. The minimum atomic E-state index is -0.589. The summed E-state index contributed by atoms with van der Waals surface area (Å²) in [6.07, 6.45) is 3.41. The van der Waals surface area contributed by atoms with Crippen molar-refractivity contribution >= 4 is 27.8 Å². The number of rotatable bonds is 3. The largest absolute Gasteiger partial charge is 0.364 e. The van der Waals surface area contributed by atoms with Crippen LogP contribution in [0.3, 0.4) is 0 Å². The lowest BCUT2D eigenvalue weighted by molar-refractivity contribution is 0.119. The minimum absolute atomic E-state index is 0.115. The van der Waals surface area contributed by atoms with E-state index in [2.05, 4.69) is 62.9 Å². The topological polar surface area (TPSA) is 82.9 Å². The Balaban J connectivity index is 1.45. The summed E-state index contributed by atoms with van der Waals surface area (Å²) < 4.78 is 15.6. The smallest absolute Gasteiger partial charge is 0.253 e. The van der Waals surface area contributed by atoms with Gasteiger partial charge in [0, 0.05) is 56.7 Å². The highest BCUT2D eigenvalue weighted by atomic mass is 19.1. The van der Waals surface area contributed by atoms with Gasteiger partial charge in [-0.2, -0.15) is 9.49 Å². The SMILES string of the molecule is C[C@@H]1CN(c2cc(=O)n(C)c3c(F)[nH]nc23)[C@@H](C)CN1[C@@H](C)c1ccc2nccnc2c1. The molecule has 1 aliphatic rings. The predicted octanol–water partition coefficient (Wildman–Crippen LogP) is 3.00. The molecule has 1 aromatic carbocycles. The van der Waals surface area contributed by atoms with Gasteiger partial charge in [-0.15, -0.1) is 0 Å². The number of anilines is 1. The highest BCUT2D eigenvalue weighted by molar-refractivity contribution is 5.88. The molecule has 0 saturated carbocycles. The third-order valence-electron chi connectivity index (χ3n) is 6.68. The molecular weight excluding hydrogens is 409 g/mol. The van der Waals surface area contributed by atoms with E-state index >= 15 is 0 Å². The monoisotopic (exact) mass is 435 g/mol. The number of fused-ring (bicyclic) bond motifs is 2. The average Bonchev–Trinajstić information content (AvgIpc) is 3.18. The maximum atomic E-state index is 14.3. The van der Waals surface area contributed by atoms with Crippen LogP contribution in [0.4, 0.5) is 10.1 Å². The van der Waals surface area contributed by atoms with Crippen LogP contribution in [0.2, 0.25) is 0 Å². The van der Waals surface area contributed by atoms with Crippen LogP contribution < -0.4 is 10.5 Å². The maximum absolute atomic E-state index is 14.3. The van der Waals surface area contributed by atoms with Gasteiger partial charge in [-0.3, -0.25) is 24.8 Å². The molecule has 166 valence electrons. The number of benzene rings is 1. The molecule has 4 heterocycles. The molecule has 4 aromatic rings. The van der Waals surface area contributed by atoms with E-state index in [1.807, 2.05) is 6.07 Å². The third kappa shape index (κ3) is 3.24. The molecule has 32 heavy (non-hydrogen) atoms. The van der Waals surface area contributed by atoms with Crippen LogP contribution in [0.5, 0.6) is 0 Å². The van der Waals surface area contributed by atoms with Crippen LogP contribution in [-0.2, 0) is 7.05 Å². The molecule has 1 saturated heterocycles. The number of nitrogens with zero attached hydrogens (tertiary/aromatic N) is 6. The molecular formula is C23H26FN7O. The van der Waals surface area contributed by atoms with Gasteiger partial charge >= 0.3 is 0 Å². The van der Waals surface area contributed by atoms with Crippen molar-refractivity contribution in [1.82, 2.24) is 29.6 Å². The van der Waals surface area contributed by atoms with Crippen LogP contribution in [-0.4, -0.2) is 54.8 Å². The number of aromatic nitrogens is 5. The zero-order chi connectivity index (χ0) is 22.6. The van der Waals surface area contributed by atoms with Crippen LogP contribution >= 0.6 is 0 Å². The van der Waals surface area contributed by atoms with E-state index in [0.29, 0.717) is 17.7 Å². The highest BCUT2D eigenvalue weighted by Crippen LogP contribution is 2.33. The molecule has 0 amide bonds. The molecule has 0 radical (unpaired) electrons. The van der Waals surface area contributed by atoms with Crippen molar-refractivity contribution in [1.29, 1.82) is 0 Å². The normalized spacial score (nSPS) is 20.8. The summed E-state index contributed by atoms with van der Waals surface area (Å²) in [5, 5.41) is 6.55. The Morgan fingerprint density at radius 1 is 1.09 bits per heavy atom. The van der Waals surface area contributed by atoms with Gasteiger partial charge in [0.25, 0.3) is 5.56 Å². The second-order valence-electron chi connectivity index (χ2n) is 8.69. The van der Waals surface area contributed by atoms with Crippen molar-refractivity contribution in [2.24, 2.45) is 7.05 Å². The predicted molar refractivity (Wildman–Crippen MR) is 122 cm³/mol. The number of hydrogen-bond donors (Lipinski definition) is 1. The Morgan fingerprint density at radius 3 is 2.62 bits per heavy atom. The first-order valence-corrected chi connectivity index (χ1v) is 10.8. The lowest BCUT2D eigenvalue weighted by atomic mass is 10.00. The summed E-state index contributed by atoms with van der Waals surface area (Å²) in [4.78, 5) is 25.9. The zero-order valence-corrected chi connectivity index (χ0v) is 18.6. The summed E-state index contributed by atoms with van der Waals surface area (Å²) in [5.41, 5.74) is 4.08. The Kier molecular flexibility index (Phi) is 4.93. The molecule has 0 bridgehead atoms. The summed E-state index contributed by atoms with van der Waals surface area (Å²) in [6.45, 7) is 8.01. The van der Waals surface area contributed by atoms with Crippen molar-refractivity contribution in [3.8, 4) is 0 Å². The van der Waals surface area contributed by atoms with Crippen molar-refractivity contribution in [3.63, 3.8) is 0 Å². The Bertz CT molecular complexity index is 1360. The molecule has 1 aliphatic heterocycles. The van der Waals surface area contributed by atoms with E-state index in [4.69, 9.17) is 0 Å². The van der Waals surface area contributed by atoms with E-state index in [1.54, 1.807) is 25.5 Å². The van der Waals surface area contributed by atoms with Gasteiger partial charge in [0.15, 0.2) is 0 Å². The molecule has 3 aromatic heterocycles. The molecule has 5 rings (SSSR count). The van der Waals surface area contributed by atoms with E-state index < -0.39 is 5.95 Å². The van der Waals surface area contributed by atoms with Gasteiger partial charge in [-0.05, 0) is 38.5 Å². The van der Waals surface area contributed by atoms with Crippen LogP contribution in [0.1, 0.15) is 32.4 Å². The molecule has 1 fully saturated rings. The van der Waals surface area contributed by atoms with Crippen LogP contribution in [0, 0.1) is 5.95 Å². The zero-order valence-electron chi connectivity index (χ0n) is 18.6. The maximum Gasteiger partial charge on any atom is 0.253 e. The van der Waals surface area contributed by atoms with Gasteiger partial charge < -0.3 is 9.47 Å². The number of halogens is 1. The average molecular weight is 436 g/mol. The summed E-state index contributed by atoms with van der Waals surface area (Å²) in [7, 11) is 1.56. The van der Waals surface area contributed by atoms with E-state index in [9.17, 15) is 9.18 Å². The van der Waals surface area contributed by atoms with Gasteiger partial charge in [-0.25, -0.2) is 0 Å². The number of H-pyrrole nitrogens is 1. The molecule has 3 atom stereocenters. The first kappa shape index (κ1) is 20.6. The lowest BCUT2D eigenvalue weighted by Crippen LogP contribution is -2.57. The van der Waals surface area contributed by atoms with Crippen molar-refractivity contribution in [2.45, 2.75) is 38.9 Å². The fraction of sp³-hybridized carbons (Fsp3) is 0.391. The fourth-order valence-corrected chi connectivity index (χ4v) is 4.87. The summed E-state index contributed by atoms with van der Waals surface area (Å²) >= 11 is 0. The molecule has 9 heteroatoms. The second kappa shape index (κ2) is 7.67. The van der Waals surface area contributed by atoms with Gasteiger partial charge in [-0.1, -0.05) is 6.07 Å². The number of piperazine rings is 1. The first-order chi connectivity index (χ1) is 15.3. The molecule has 8 nitrogen and oxygen atoms in total. The third-order valence-corrected chi connectivity index (χ3v) is 6.68. The number of aryl methyl sites for hydroxylation is 1. The van der Waals surface area contributed by atoms with Crippen molar-refractivity contribution < 1.29 is 4.39 Å². The van der Waals surface area contributed by atoms with Crippen molar-refractivity contribution in [3.05, 3.63) is 58.5 Å². The van der Waals surface area contributed by atoms with E-state index in [0.717, 1.165) is 17.6 Å². The van der Waals surface area contributed by atoms with E-state index in [1.165, 1.54) is 10.1 Å². The Morgan fingerprint density at radius 2 is 1.84 bits per heavy atom. The van der Waals surface area contributed by atoms with Gasteiger partial charge in [0.1, 0.15) is 11.0 Å². The quantitative estimate of drug-likeness (QED) is 0.533. The van der Waals surface area contributed by atoms with Crippen molar-refractivity contribution in [2.75, 3.05) is 18.0 Å². The minimum Gasteiger partial charge on any atom is -0.364 e. The standard InChI is InChI=1S/C23H26FN7O/c1-13-12-31(19-10-20(32)29(4)22-21(19)27-28-23(22)24)14(2)11-30(13)15(3)16-5-6-17-18(9-16)26-8-7-25-17/h5-10,13-15H,11-12H2,1-4H3,(H,27,28)/t13-,14+,15+/m1/s1. The fourth-order valence-electron chi connectivity index (χ4n) is 4.87. The Labute approximate surface area is 184 Å². The second-order valence-corrected chi connectivity index (χ2v) is 8.69.